The van der Waals surface area contributed by atoms with Gasteiger partial charge in [0, 0.05) is 23.6 Å². The van der Waals surface area contributed by atoms with Crippen molar-refractivity contribution in [3.8, 4) is 0 Å². The molecule has 5 nitrogen and oxygen atoms in total. The van der Waals surface area contributed by atoms with Crippen molar-refractivity contribution in [2.75, 3.05) is 18.5 Å². The first-order chi connectivity index (χ1) is 9.25. The van der Waals surface area contributed by atoms with E-state index in [0.717, 1.165) is 16.6 Å². The molecule has 0 saturated carbocycles. The van der Waals surface area contributed by atoms with Gasteiger partial charge in [-0.2, -0.15) is 0 Å². The number of amides is 1. The van der Waals surface area contributed by atoms with Crippen molar-refractivity contribution >= 4 is 34.9 Å². The molecule has 2 heterocycles. The molecule has 2 atom stereocenters. The molecular formula is C14H18ClN3O2. The van der Waals surface area contributed by atoms with Gasteiger partial charge in [0.15, 0.2) is 0 Å². The zero-order chi connectivity index (χ0) is 13.2. The fraction of sp³-hybridized carbons (Fsp3) is 0.357. The highest BCUT2D eigenvalue weighted by Crippen LogP contribution is 2.22. The maximum absolute atomic E-state index is 12.3. The Balaban J connectivity index is 0.00000147. The number of carbonyl (C=O) groups is 1. The second kappa shape index (κ2) is 6.26. The number of nitrogens with one attached hydrogen (secondary N) is 3. The number of aromatic amines is 1. The van der Waals surface area contributed by atoms with Gasteiger partial charge >= 0.3 is 0 Å². The Hall–Kier alpha value is -1.56. The normalized spacial score (nSPS) is 22.2. The number of carbonyl (C=O) groups excluding carboxylic acids is 1. The summed E-state index contributed by atoms with van der Waals surface area (Å²) in [5, 5.41) is 7.17. The summed E-state index contributed by atoms with van der Waals surface area (Å²) < 4.78 is 5.49. The van der Waals surface area contributed by atoms with Crippen LogP contribution in [-0.2, 0) is 9.53 Å². The molecule has 3 N–H and O–H groups in total. The highest BCUT2D eigenvalue weighted by Gasteiger charge is 2.28. The van der Waals surface area contributed by atoms with E-state index in [2.05, 4.69) is 15.6 Å². The van der Waals surface area contributed by atoms with Crippen LogP contribution >= 0.6 is 12.4 Å². The molecule has 108 valence electrons. The smallest absolute Gasteiger partial charge is 0.244 e. The molecule has 1 aromatic heterocycles. The van der Waals surface area contributed by atoms with E-state index in [1.807, 2.05) is 37.4 Å². The van der Waals surface area contributed by atoms with Crippen LogP contribution in [0.1, 0.15) is 6.92 Å². The van der Waals surface area contributed by atoms with E-state index in [4.69, 9.17) is 4.74 Å². The van der Waals surface area contributed by atoms with E-state index in [-0.39, 0.29) is 30.5 Å². The van der Waals surface area contributed by atoms with Gasteiger partial charge in [0.2, 0.25) is 5.91 Å². The molecule has 1 amide bonds. The lowest BCUT2D eigenvalue weighted by atomic mass is 10.1. The van der Waals surface area contributed by atoms with Gasteiger partial charge < -0.3 is 20.4 Å². The molecule has 2 aromatic rings. The number of morpholine rings is 1. The van der Waals surface area contributed by atoms with Crippen molar-refractivity contribution in [1.29, 1.82) is 0 Å². The van der Waals surface area contributed by atoms with Crippen LogP contribution in [0.4, 0.5) is 5.69 Å². The maximum Gasteiger partial charge on any atom is 0.244 e. The van der Waals surface area contributed by atoms with E-state index in [0.29, 0.717) is 13.2 Å². The third-order valence-corrected chi connectivity index (χ3v) is 3.45. The number of hydrogen-bond acceptors (Lipinski definition) is 3. The van der Waals surface area contributed by atoms with Crippen molar-refractivity contribution in [2.45, 2.75) is 19.1 Å². The zero-order valence-corrected chi connectivity index (χ0v) is 12.0. The van der Waals surface area contributed by atoms with Crippen LogP contribution in [0.2, 0.25) is 0 Å². The summed E-state index contributed by atoms with van der Waals surface area (Å²) in [5.41, 5.74) is 1.84. The number of H-pyrrole nitrogens is 1. The molecule has 20 heavy (non-hydrogen) atoms. The van der Waals surface area contributed by atoms with E-state index in [9.17, 15) is 4.79 Å². The Morgan fingerprint density at radius 3 is 3.05 bits per heavy atom. The molecule has 0 unspecified atom stereocenters. The largest absolute Gasteiger partial charge is 0.375 e. The van der Waals surface area contributed by atoms with Gasteiger partial charge in [0.1, 0.15) is 6.04 Å². The number of ether oxygens (including phenoxy) is 1. The number of fused-ring (bicyclic) bond motifs is 1. The minimum atomic E-state index is -0.303. The summed E-state index contributed by atoms with van der Waals surface area (Å²) in [4.78, 5) is 15.4. The fourth-order valence-corrected chi connectivity index (χ4v) is 2.43. The van der Waals surface area contributed by atoms with Gasteiger partial charge in [-0.1, -0.05) is 6.07 Å². The molecule has 0 aliphatic carbocycles. The molecule has 0 bridgehead atoms. The topological polar surface area (TPSA) is 66.2 Å². The second-order valence-corrected chi connectivity index (χ2v) is 4.74. The Morgan fingerprint density at radius 1 is 1.40 bits per heavy atom. The van der Waals surface area contributed by atoms with Crippen LogP contribution < -0.4 is 10.6 Å². The lowest BCUT2D eigenvalue weighted by molar-refractivity contribution is -0.123. The SMILES string of the molecule is C[C@H]1OCCN[C@@H]1C(=O)Nc1cccc2[nH]ccc12.Cl. The van der Waals surface area contributed by atoms with Crippen molar-refractivity contribution in [1.82, 2.24) is 10.3 Å². The predicted octanol–water partition coefficient (Wildman–Crippen LogP) is 1.91. The minimum absolute atomic E-state index is 0. The average Bonchev–Trinajstić information content (AvgIpc) is 2.88. The molecule has 0 spiro atoms. The van der Waals surface area contributed by atoms with Crippen LogP contribution in [-0.4, -0.2) is 36.2 Å². The van der Waals surface area contributed by atoms with Crippen molar-refractivity contribution < 1.29 is 9.53 Å². The number of rotatable bonds is 2. The second-order valence-electron chi connectivity index (χ2n) is 4.74. The summed E-state index contributed by atoms with van der Waals surface area (Å²) in [7, 11) is 0. The number of anilines is 1. The number of aromatic nitrogens is 1. The quantitative estimate of drug-likeness (QED) is 0.793. The lowest BCUT2D eigenvalue weighted by Crippen LogP contribution is -2.53. The Kier molecular flexibility index (Phi) is 4.65. The third-order valence-electron chi connectivity index (χ3n) is 3.45. The monoisotopic (exact) mass is 295 g/mol. The van der Waals surface area contributed by atoms with E-state index >= 15 is 0 Å². The van der Waals surface area contributed by atoms with E-state index < -0.39 is 0 Å². The van der Waals surface area contributed by atoms with Crippen LogP contribution in [0.25, 0.3) is 10.9 Å². The van der Waals surface area contributed by atoms with Gasteiger partial charge in [-0.15, -0.1) is 12.4 Å². The number of benzene rings is 1. The van der Waals surface area contributed by atoms with Crippen LogP contribution in [0.5, 0.6) is 0 Å². The van der Waals surface area contributed by atoms with E-state index in [1.54, 1.807) is 0 Å². The summed E-state index contributed by atoms with van der Waals surface area (Å²) in [6.07, 6.45) is 1.75. The summed E-state index contributed by atoms with van der Waals surface area (Å²) in [6, 6.07) is 7.46. The third kappa shape index (κ3) is 2.80. The fourth-order valence-electron chi connectivity index (χ4n) is 2.43. The van der Waals surface area contributed by atoms with Crippen molar-refractivity contribution in [2.24, 2.45) is 0 Å². The van der Waals surface area contributed by atoms with Gasteiger partial charge in [-0.05, 0) is 25.1 Å². The molecule has 1 aliphatic rings. The standard InChI is InChI=1S/C14H17N3O2.ClH/c1-9-13(16-7-8-19-9)14(18)17-12-4-2-3-11-10(12)5-6-15-11;/h2-6,9,13,15-16H,7-8H2,1H3,(H,17,18);1H/t9-,13+;/m1./s1. The molecule has 1 fully saturated rings. The first-order valence-corrected chi connectivity index (χ1v) is 6.47. The lowest BCUT2D eigenvalue weighted by Gasteiger charge is -2.29. The minimum Gasteiger partial charge on any atom is -0.375 e. The van der Waals surface area contributed by atoms with Crippen LogP contribution in [0.15, 0.2) is 30.5 Å². The summed E-state index contributed by atoms with van der Waals surface area (Å²) in [5.74, 6) is -0.0547. The summed E-state index contributed by atoms with van der Waals surface area (Å²) in [6.45, 7) is 3.27. The molecule has 1 saturated heterocycles. The van der Waals surface area contributed by atoms with E-state index in [1.165, 1.54) is 0 Å². The van der Waals surface area contributed by atoms with Crippen LogP contribution in [0, 0.1) is 0 Å². The highest BCUT2D eigenvalue weighted by atomic mass is 35.5. The van der Waals surface area contributed by atoms with Crippen LogP contribution in [0.3, 0.4) is 0 Å². The van der Waals surface area contributed by atoms with Gasteiger partial charge in [-0.3, -0.25) is 4.79 Å². The molecule has 0 radical (unpaired) electrons. The van der Waals surface area contributed by atoms with Gasteiger partial charge in [0.25, 0.3) is 0 Å². The predicted molar refractivity (Wildman–Crippen MR) is 81.4 cm³/mol. The number of hydrogen-bond donors (Lipinski definition) is 3. The molecule has 3 rings (SSSR count). The first kappa shape index (κ1) is 14.8. The average molecular weight is 296 g/mol. The first-order valence-electron chi connectivity index (χ1n) is 6.47. The van der Waals surface area contributed by atoms with Crippen molar-refractivity contribution in [3.05, 3.63) is 30.5 Å². The highest BCUT2D eigenvalue weighted by molar-refractivity contribution is 6.03. The molecule has 1 aromatic carbocycles. The van der Waals surface area contributed by atoms with Gasteiger partial charge in [0.05, 0.1) is 18.4 Å². The molecular weight excluding hydrogens is 278 g/mol. The maximum atomic E-state index is 12.3. The molecule has 1 aliphatic heterocycles. The zero-order valence-electron chi connectivity index (χ0n) is 11.2. The summed E-state index contributed by atoms with van der Waals surface area (Å²) >= 11 is 0. The Morgan fingerprint density at radius 2 is 2.25 bits per heavy atom. The van der Waals surface area contributed by atoms with Gasteiger partial charge in [-0.25, -0.2) is 0 Å². The Bertz CT molecular complexity index is 599. The Labute approximate surface area is 123 Å². The number of halogens is 1. The molecule has 6 heteroatoms. The van der Waals surface area contributed by atoms with Crippen molar-refractivity contribution in [3.63, 3.8) is 0 Å².